The van der Waals surface area contributed by atoms with Crippen LogP contribution in [0.2, 0.25) is 0 Å². The molecule has 0 saturated carbocycles. The lowest BCUT2D eigenvalue weighted by Gasteiger charge is -2.20. The first-order valence-electron chi connectivity index (χ1n) is 7.36. The van der Waals surface area contributed by atoms with Crippen molar-refractivity contribution in [1.29, 1.82) is 0 Å². The minimum Gasteiger partial charge on any atom is -0.493 e. The van der Waals surface area contributed by atoms with E-state index in [-0.39, 0.29) is 17.9 Å². The van der Waals surface area contributed by atoms with Crippen LogP contribution >= 0.6 is 0 Å². The predicted molar refractivity (Wildman–Crippen MR) is 84.5 cm³/mol. The van der Waals surface area contributed by atoms with Crippen LogP contribution in [0.1, 0.15) is 31.4 Å². The number of rotatable bonds is 6. The van der Waals surface area contributed by atoms with Crippen LogP contribution < -0.4 is 19.5 Å². The summed E-state index contributed by atoms with van der Waals surface area (Å²) in [7, 11) is 4.72. The van der Waals surface area contributed by atoms with Gasteiger partial charge in [-0.1, -0.05) is 12.2 Å². The van der Waals surface area contributed by atoms with Crippen molar-refractivity contribution in [2.24, 2.45) is 5.92 Å². The molecule has 0 unspecified atom stereocenters. The highest BCUT2D eigenvalue weighted by Gasteiger charge is 2.22. The van der Waals surface area contributed by atoms with E-state index in [2.05, 4.69) is 5.32 Å². The van der Waals surface area contributed by atoms with E-state index in [1.165, 1.54) is 0 Å². The Morgan fingerprint density at radius 2 is 1.64 bits per heavy atom. The monoisotopic (exact) mass is 305 g/mol. The molecule has 0 bridgehead atoms. The van der Waals surface area contributed by atoms with Gasteiger partial charge in [-0.3, -0.25) is 4.79 Å². The number of benzene rings is 1. The minimum absolute atomic E-state index is 0.0458. The van der Waals surface area contributed by atoms with Crippen LogP contribution in [-0.2, 0) is 4.79 Å². The first-order chi connectivity index (χ1) is 10.6. The van der Waals surface area contributed by atoms with Crippen molar-refractivity contribution in [2.75, 3.05) is 21.3 Å². The Balaban J connectivity index is 2.18. The molecule has 1 N–H and O–H groups in total. The molecule has 0 fully saturated rings. The lowest BCUT2D eigenvalue weighted by atomic mass is 10.0. The van der Waals surface area contributed by atoms with Gasteiger partial charge in [-0.25, -0.2) is 0 Å². The van der Waals surface area contributed by atoms with Crippen molar-refractivity contribution in [3.05, 3.63) is 29.8 Å². The Labute approximate surface area is 131 Å². The number of hydrogen-bond acceptors (Lipinski definition) is 4. The fourth-order valence-electron chi connectivity index (χ4n) is 2.60. The van der Waals surface area contributed by atoms with Gasteiger partial charge in [-0.15, -0.1) is 0 Å². The van der Waals surface area contributed by atoms with Gasteiger partial charge in [-0.2, -0.15) is 0 Å². The fourth-order valence-corrected chi connectivity index (χ4v) is 2.60. The maximum atomic E-state index is 12.2. The van der Waals surface area contributed by atoms with Gasteiger partial charge in [0.1, 0.15) is 0 Å². The summed E-state index contributed by atoms with van der Waals surface area (Å²) in [5, 5.41) is 3.05. The van der Waals surface area contributed by atoms with Crippen LogP contribution in [0.25, 0.3) is 0 Å². The third-order valence-electron chi connectivity index (χ3n) is 3.92. The minimum atomic E-state index is -0.137. The van der Waals surface area contributed by atoms with Gasteiger partial charge < -0.3 is 19.5 Å². The highest BCUT2D eigenvalue weighted by molar-refractivity contribution is 5.80. The Morgan fingerprint density at radius 3 is 2.09 bits per heavy atom. The molecule has 22 heavy (non-hydrogen) atoms. The summed E-state index contributed by atoms with van der Waals surface area (Å²) in [4.78, 5) is 12.2. The van der Waals surface area contributed by atoms with Crippen LogP contribution in [0.15, 0.2) is 24.3 Å². The molecule has 0 aliphatic heterocycles. The molecule has 0 radical (unpaired) electrons. The van der Waals surface area contributed by atoms with Gasteiger partial charge in [0.05, 0.1) is 27.4 Å². The van der Waals surface area contributed by atoms with Crippen molar-refractivity contribution in [3.63, 3.8) is 0 Å². The molecule has 1 aromatic carbocycles. The highest BCUT2D eigenvalue weighted by Crippen LogP contribution is 2.39. The lowest BCUT2D eigenvalue weighted by Crippen LogP contribution is -2.31. The van der Waals surface area contributed by atoms with Gasteiger partial charge >= 0.3 is 0 Å². The van der Waals surface area contributed by atoms with E-state index < -0.39 is 0 Å². The first kappa shape index (κ1) is 16.2. The van der Waals surface area contributed by atoms with Crippen LogP contribution in [0.5, 0.6) is 17.2 Å². The average Bonchev–Trinajstić information content (AvgIpc) is 3.07. The standard InChI is InChI=1S/C17H23NO4/c1-11(18-17(19)12-7-5-6-8-12)13-9-14(20-2)16(22-4)15(10-13)21-3/h5-6,9-12H,7-8H2,1-4H3,(H,18,19)/t11-/m0/s1. The number of amides is 1. The molecule has 120 valence electrons. The summed E-state index contributed by atoms with van der Waals surface area (Å²) in [6.07, 6.45) is 5.73. The molecule has 1 aromatic rings. The van der Waals surface area contributed by atoms with E-state index in [9.17, 15) is 4.79 Å². The lowest BCUT2D eigenvalue weighted by molar-refractivity contribution is -0.125. The maximum absolute atomic E-state index is 12.2. The van der Waals surface area contributed by atoms with E-state index in [1.807, 2.05) is 31.2 Å². The van der Waals surface area contributed by atoms with Crippen LogP contribution in [0, 0.1) is 5.92 Å². The molecular weight excluding hydrogens is 282 g/mol. The van der Waals surface area contributed by atoms with Gasteiger partial charge in [0, 0.05) is 5.92 Å². The molecule has 1 amide bonds. The van der Waals surface area contributed by atoms with E-state index in [0.29, 0.717) is 17.2 Å². The van der Waals surface area contributed by atoms with Crippen molar-refractivity contribution in [2.45, 2.75) is 25.8 Å². The van der Waals surface area contributed by atoms with Gasteiger partial charge in [0.25, 0.3) is 0 Å². The molecular formula is C17H23NO4. The summed E-state index contributed by atoms with van der Waals surface area (Å²) in [5.74, 6) is 1.84. The molecule has 2 rings (SSSR count). The normalized spacial score (nSPS) is 15.5. The fraction of sp³-hybridized carbons (Fsp3) is 0.471. The summed E-state index contributed by atoms with van der Waals surface area (Å²) in [6, 6.07) is 3.58. The SMILES string of the molecule is COc1cc([C@H](C)NC(=O)C2CC=CC2)cc(OC)c1OC. The Morgan fingerprint density at radius 1 is 1.09 bits per heavy atom. The topological polar surface area (TPSA) is 56.8 Å². The number of methoxy groups -OCH3 is 3. The van der Waals surface area contributed by atoms with Crippen molar-refractivity contribution in [3.8, 4) is 17.2 Å². The molecule has 5 nitrogen and oxygen atoms in total. The number of ether oxygens (including phenoxy) is 3. The van der Waals surface area contributed by atoms with Crippen LogP contribution in [-0.4, -0.2) is 27.2 Å². The quantitative estimate of drug-likeness (QED) is 0.821. The highest BCUT2D eigenvalue weighted by atomic mass is 16.5. The number of carbonyl (C=O) groups is 1. The predicted octanol–water partition coefficient (Wildman–Crippen LogP) is 2.86. The van der Waals surface area contributed by atoms with Gasteiger partial charge in [0.15, 0.2) is 11.5 Å². The zero-order chi connectivity index (χ0) is 16.1. The van der Waals surface area contributed by atoms with Gasteiger partial charge in [-0.05, 0) is 37.5 Å². The molecule has 0 saturated heterocycles. The summed E-state index contributed by atoms with van der Waals surface area (Å²) in [6.45, 7) is 1.95. The average molecular weight is 305 g/mol. The summed E-state index contributed by atoms with van der Waals surface area (Å²) in [5.41, 5.74) is 0.911. The van der Waals surface area contributed by atoms with E-state index in [0.717, 1.165) is 18.4 Å². The molecule has 0 spiro atoms. The number of allylic oxidation sites excluding steroid dienone is 2. The van der Waals surface area contributed by atoms with E-state index in [4.69, 9.17) is 14.2 Å². The van der Waals surface area contributed by atoms with E-state index >= 15 is 0 Å². The van der Waals surface area contributed by atoms with Crippen molar-refractivity contribution >= 4 is 5.91 Å². The number of hydrogen-bond donors (Lipinski definition) is 1. The molecule has 0 aromatic heterocycles. The number of nitrogens with one attached hydrogen (secondary N) is 1. The molecule has 1 atom stereocenters. The Kier molecular flexibility index (Phi) is 5.31. The third kappa shape index (κ3) is 3.35. The van der Waals surface area contributed by atoms with Crippen molar-refractivity contribution in [1.82, 2.24) is 5.32 Å². The molecule has 5 heteroatoms. The summed E-state index contributed by atoms with van der Waals surface area (Å²) >= 11 is 0. The smallest absolute Gasteiger partial charge is 0.224 e. The Hall–Kier alpha value is -2.17. The van der Waals surface area contributed by atoms with Crippen LogP contribution in [0.3, 0.4) is 0 Å². The van der Waals surface area contributed by atoms with Crippen LogP contribution in [0.4, 0.5) is 0 Å². The largest absolute Gasteiger partial charge is 0.493 e. The molecule has 1 aliphatic carbocycles. The number of carbonyl (C=O) groups excluding carboxylic acids is 1. The third-order valence-corrected chi connectivity index (χ3v) is 3.92. The maximum Gasteiger partial charge on any atom is 0.224 e. The second-order valence-corrected chi connectivity index (χ2v) is 5.33. The van der Waals surface area contributed by atoms with E-state index in [1.54, 1.807) is 21.3 Å². The molecule has 1 aliphatic rings. The first-order valence-corrected chi connectivity index (χ1v) is 7.36. The zero-order valence-corrected chi connectivity index (χ0v) is 13.5. The van der Waals surface area contributed by atoms with Crippen molar-refractivity contribution < 1.29 is 19.0 Å². The summed E-state index contributed by atoms with van der Waals surface area (Å²) < 4.78 is 16.0. The molecule has 0 heterocycles. The Bertz CT molecular complexity index is 535. The second-order valence-electron chi connectivity index (χ2n) is 5.33. The second kappa shape index (κ2) is 7.20. The van der Waals surface area contributed by atoms with Gasteiger partial charge in [0.2, 0.25) is 11.7 Å². The zero-order valence-electron chi connectivity index (χ0n) is 13.5.